The number of phosphoric ester groups is 1. The van der Waals surface area contributed by atoms with Crippen molar-refractivity contribution in [2.24, 2.45) is 11.5 Å². The van der Waals surface area contributed by atoms with Gasteiger partial charge < -0.3 is 37.0 Å². The maximum Gasteiger partial charge on any atom is 0.469 e. The van der Waals surface area contributed by atoms with E-state index in [1.807, 2.05) is 0 Å². The largest absolute Gasteiger partial charge is 0.480 e. The number of aliphatic carboxylic acids is 1. The Kier molecular flexibility index (Phi) is 8.79. The van der Waals surface area contributed by atoms with E-state index in [4.69, 9.17) is 26.4 Å². The van der Waals surface area contributed by atoms with E-state index in [1.54, 1.807) is 0 Å². The summed E-state index contributed by atoms with van der Waals surface area (Å²) in [4.78, 5) is 50.0. The molecule has 0 spiro atoms. The monoisotopic (exact) mass is 342 g/mol. The van der Waals surface area contributed by atoms with Crippen LogP contribution < -0.4 is 22.1 Å². The van der Waals surface area contributed by atoms with Gasteiger partial charge in [-0.25, -0.2) is 4.57 Å². The number of carboxylic acids is 1. The third-order valence-electron chi connectivity index (χ3n) is 2.28. The first-order valence-electron chi connectivity index (χ1n) is 6.01. The summed E-state index contributed by atoms with van der Waals surface area (Å²) < 4.78 is 14.5. The van der Waals surface area contributed by atoms with Crippen molar-refractivity contribution in [1.29, 1.82) is 0 Å². The highest BCUT2D eigenvalue weighted by Crippen LogP contribution is 2.35. The van der Waals surface area contributed by atoms with Gasteiger partial charge in [-0.2, -0.15) is 0 Å². The fourth-order valence-electron chi connectivity index (χ4n) is 1.10. The quantitative estimate of drug-likeness (QED) is 0.194. The van der Waals surface area contributed by atoms with Crippen LogP contribution in [0.4, 0.5) is 0 Å². The van der Waals surface area contributed by atoms with E-state index >= 15 is 0 Å². The summed E-state index contributed by atoms with van der Waals surface area (Å²) in [5.41, 5.74) is 10.5. The molecule has 0 unspecified atom stereocenters. The van der Waals surface area contributed by atoms with E-state index in [0.717, 1.165) is 0 Å². The summed E-state index contributed by atoms with van der Waals surface area (Å²) in [7, 11) is -4.73. The number of carbonyl (C=O) groups excluding carboxylic acids is 2. The molecule has 2 atom stereocenters. The first-order valence-corrected chi connectivity index (χ1v) is 7.54. The fraction of sp³-hybridized carbons (Fsp3) is 0.667. The fourth-order valence-corrected chi connectivity index (χ4v) is 1.46. The lowest BCUT2D eigenvalue weighted by Gasteiger charge is -2.13. The number of carbonyl (C=O) groups is 3. The zero-order valence-electron chi connectivity index (χ0n) is 11.5. The zero-order chi connectivity index (χ0) is 17.3. The van der Waals surface area contributed by atoms with Crippen LogP contribution in [0.25, 0.3) is 0 Å². The van der Waals surface area contributed by atoms with Gasteiger partial charge >= 0.3 is 13.8 Å². The number of phosphoric acid groups is 1. The predicted octanol–water partition coefficient (Wildman–Crippen LogP) is -3.54. The zero-order valence-corrected chi connectivity index (χ0v) is 12.4. The summed E-state index contributed by atoms with van der Waals surface area (Å²) in [5, 5.41) is 13.0. The number of nitrogens with two attached hydrogens (primary N) is 2. The van der Waals surface area contributed by atoms with Crippen LogP contribution in [0.5, 0.6) is 0 Å². The molecule has 0 heterocycles. The second-order valence-corrected chi connectivity index (χ2v) is 5.43. The van der Waals surface area contributed by atoms with Crippen LogP contribution in [-0.2, 0) is 23.5 Å². The molecule has 0 saturated heterocycles. The van der Waals surface area contributed by atoms with E-state index in [-0.39, 0.29) is 13.0 Å². The van der Waals surface area contributed by atoms with Crippen molar-refractivity contribution in [2.45, 2.75) is 18.5 Å². The lowest BCUT2D eigenvalue weighted by Crippen LogP contribution is -2.47. The molecule has 2 amide bonds. The number of carboxylic acid groups (broad SMARTS) is 1. The Morgan fingerprint density at radius 1 is 1.14 bits per heavy atom. The number of nitrogens with one attached hydrogen (secondary N) is 2. The highest BCUT2D eigenvalue weighted by molar-refractivity contribution is 7.46. The van der Waals surface area contributed by atoms with E-state index < -0.39 is 50.8 Å². The van der Waals surface area contributed by atoms with Gasteiger partial charge in [0.1, 0.15) is 12.1 Å². The molecule has 128 valence electrons. The summed E-state index contributed by atoms with van der Waals surface area (Å²) in [5.74, 6) is -2.64. The van der Waals surface area contributed by atoms with Crippen molar-refractivity contribution in [1.82, 2.24) is 10.6 Å². The van der Waals surface area contributed by atoms with Crippen molar-refractivity contribution in [3.05, 3.63) is 0 Å². The van der Waals surface area contributed by atoms with E-state index in [1.165, 1.54) is 0 Å². The van der Waals surface area contributed by atoms with Crippen molar-refractivity contribution in [3.63, 3.8) is 0 Å². The Morgan fingerprint density at radius 3 is 2.23 bits per heavy atom. The molecule has 0 aromatic rings. The highest BCUT2D eigenvalue weighted by atomic mass is 31.2. The van der Waals surface area contributed by atoms with E-state index in [0.29, 0.717) is 0 Å². The molecule has 0 aromatic heterocycles. The minimum absolute atomic E-state index is 0.00947. The lowest BCUT2D eigenvalue weighted by molar-refractivity contribution is -0.138. The first-order chi connectivity index (χ1) is 10.0. The molecule has 12 nitrogen and oxygen atoms in total. The smallest absolute Gasteiger partial charge is 0.469 e. The molecule has 22 heavy (non-hydrogen) atoms. The van der Waals surface area contributed by atoms with Crippen LogP contribution in [0, 0.1) is 0 Å². The molecule has 0 saturated carbocycles. The van der Waals surface area contributed by atoms with E-state index in [9.17, 15) is 18.9 Å². The van der Waals surface area contributed by atoms with Crippen molar-refractivity contribution >= 4 is 25.6 Å². The number of hydrogen-bond acceptors (Lipinski definition) is 7. The molecule has 0 radical (unpaired) electrons. The van der Waals surface area contributed by atoms with Gasteiger partial charge in [0.2, 0.25) is 11.8 Å². The van der Waals surface area contributed by atoms with Crippen LogP contribution >= 0.6 is 7.82 Å². The second kappa shape index (κ2) is 9.46. The van der Waals surface area contributed by atoms with Crippen molar-refractivity contribution in [2.75, 3.05) is 19.7 Å². The van der Waals surface area contributed by atoms with Crippen LogP contribution in [0.15, 0.2) is 0 Å². The minimum atomic E-state index is -4.73. The third-order valence-corrected chi connectivity index (χ3v) is 2.76. The molecule has 0 aliphatic rings. The van der Waals surface area contributed by atoms with Crippen LogP contribution in [0.2, 0.25) is 0 Å². The van der Waals surface area contributed by atoms with Gasteiger partial charge in [-0.15, -0.1) is 0 Å². The summed E-state index contributed by atoms with van der Waals surface area (Å²) >= 11 is 0. The Hall–Kier alpha value is -1.56. The van der Waals surface area contributed by atoms with Gasteiger partial charge in [0.15, 0.2) is 0 Å². The molecule has 13 heteroatoms. The maximum absolute atomic E-state index is 11.4. The SMILES string of the molecule is N[C@@H](CCNC(=O)CNC(=O)[C@@H](N)COP(=O)(O)O)C(=O)O. The molecular formula is C9H19N4O8P. The molecule has 9 N–H and O–H groups in total. The molecule has 0 aromatic carbocycles. The van der Waals surface area contributed by atoms with Gasteiger partial charge in [-0.05, 0) is 6.42 Å². The highest BCUT2D eigenvalue weighted by Gasteiger charge is 2.20. The normalized spacial score (nSPS) is 14.0. The van der Waals surface area contributed by atoms with Gasteiger partial charge in [-0.3, -0.25) is 18.9 Å². The van der Waals surface area contributed by atoms with Crippen LogP contribution in [0.3, 0.4) is 0 Å². The van der Waals surface area contributed by atoms with Gasteiger partial charge in [0.25, 0.3) is 0 Å². The Balaban J connectivity index is 3.92. The summed E-state index contributed by atoms with van der Waals surface area (Å²) in [6.45, 7) is -1.15. The molecule has 0 rings (SSSR count). The lowest BCUT2D eigenvalue weighted by atomic mass is 10.2. The number of amides is 2. The average Bonchev–Trinajstić information content (AvgIpc) is 2.40. The molecule has 0 bridgehead atoms. The number of hydrogen-bond donors (Lipinski definition) is 7. The molecular weight excluding hydrogens is 323 g/mol. The van der Waals surface area contributed by atoms with Gasteiger partial charge in [-0.1, -0.05) is 0 Å². The first kappa shape index (κ1) is 20.4. The third kappa shape index (κ3) is 10.2. The Morgan fingerprint density at radius 2 is 1.73 bits per heavy atom. The minimum Gasteiger partial charge on any atom is -0.480 e. The van der Waals surface area contributed by atoms with Crippen LogP contribution in [-0.4, -0.2) is 64.5 Å². The van der Waals surface area contributed by atoms with E-state index in [2.05, 4.69) is 15.2 Å². The predicted molar refractivity (Wildman–Crippen MR) is 72.2 cm³/mol. The van der Waals surface area contributed by atoms with Crippen molar-refractivity contribution < 1.29 is 38.4 Å². The molecule has 0 aliphatic heterocycles. The van der Waals surface area contributed by atoms with Crippen LogP contribution in [0.1, 0.15) is 6.42 Å². The van der Waals surface area contributed by atoms with Gasteiger partial charge in [0, 0.05) is 6.54 Å². The Labute approximate surface area is 125 Å². The van der Waals surface area contributed by atoms with Gasteiger partial charge in [0.05, 0.1) is 13.2 Å². The summed E-state index contributed by atoms with van der Waals surface area (Å²) in [6, 6.07) is -2.46. The second-order valence-electron chi connectivity index (χ2n) is 4.19. The molecule has 0 aliphatic carbocycles. The average molecular weight is 342 g/mol. The summed E-state index contributed by atoms with van der Waals surface area (Å²) in [6.07, 6.45) is 0.0185. The number of rotatable bonds is 10. The van der Waals surface area contributed by atoms with Crippen molar-refractivity contribution in [3.8, 4) is 0 Å². The molecule has 0 fully saturated rings. The standard InChI is InChI=1S/C9H19N4O8P/c10-5(9(16)17)1-2-12-7(14)3-13-8(15)6(11)4-21-22(18,19)20/h5-6H,1-4,10-11H2,(H,12,14)(H,13,15)(H,16,17)(H2,18,19,20)/t5-,6-/m0/s1. The Bertz CT molecular complexity index is 453. The maximum atomic E-state index is 11.4. The topological polar surface area (TPSA) is 214 Å².